The number of piperidine rings is 1. The van der Waals surface area contributed by atoms with Crippen molar-refractivity contribution in [3.8, 4) is 17.2 Å². The Labute approximate surface area is 105 Å². The minimum absolute atomic E-state index is 0.110. The van der Waals surface area contributed by atoms with Gasteiger partial charge in [0.2, 0.25) is 0 Å². The maximum atomic E-state index is 14.1. The zero-order valence-corrected chi connectivity index (χ0v) is 10.0. The van der Waals surface area contributed by atoms with Crippen molar-refractivity contribution >= 4 is 0 Å². The summed E-state index contributed by atoms with van der Waals surface area (Å²) in [6.45, 7) is 1.70. The molecule has 1 saturated heterocycles. The van der Waals surface area contributed by atoms with Gasteiger partial charge < -0.3 is 19.9 Å². The molecule has 0 radical (unpaired) electrons. The number of nitrogens with one attached hydrogen (secondary N) is 1. The second kappa shape index (κ2) is 4.65. The molecule has 18 heavy (non-hydrogen) atoms. The SMILES string of the molecule is Oc1cc2c(c(C3CCCCN3)c1F)OCCO2. The first-order chi connectivity index (χ1) is 8.77. The molecule has 0 aliphatic carbocycles. The third-order valence-electron chi connectivity index (χ3n) is 3.44. The molecule has 0 spiro atoms. The molecule has 1 unspecified atom stereocenters. The van der Waals surface area contributed by atoms with Crippen LogP contribution >= 0.6 is 0 Å². The first-order valence-electron chi connectivity index (χ1n) is 6.31. The fraction of sp³-hybridized carbons (Fsp3) is 0.538. The molecule has 2 N–H and O–H groups in total. The number of aromatic hydroxyl groups is 1. The van der Waals surface area contributed by atoms with Crippen molar-refractivity contribution in [2.24, 2.45) is 0 Å². The number of hydrogen-bond donors (Lipinski definition) is 2. The van der Waals surface area contributed by atoms with Crippen LogP contribution in [-0.2, 0) is 0 Å². The number of phenolic OH excluding ortho intramolecular Hbond substituents is 1. The maximum absolute atomic E-state index is 14.1. The quantitative estimate of drug-likeness (QED) is 0.805. The second-order valence-electron chi connectivity index (χ2n) is 4.65. The molecule has 0 amide bonds. The van der Waals surface area contributed by atoms with Crippen molar-refractivity contribution in [2.45, 2.75) is 25.3 Å². The zero-order valence-electron chi connectivity index (χ0n) is 10.0. The standard InChI is InChI=1S/C13H16FNO3/c14-12-9(16)7-10-13(18-6-5-17-10)11(12)8-3-1-2-4-15-8/h7-8,15-16H,1-6H2. The molecule has 98 valence electrons. The van der Waals surface area contributed by atoms with Crippen LogP contribution in [0.5, 0.6) is 17.2 Å². The Kier molecular flexibility index (Phi) is 2.99. The van der Waals surface area contributed by atoms with Crippen LogP contribution in [0.3, 0.4) is 0 Å². The van der Waals surface area contributed by atoms with Gasteiger partial charge in [0.1, 0.15) is 13.2 Å². The van der Waals surface area contributed by atoms with Crippen molar-refractivity contribution in [2.75, 3.05) is 19.8 Å². The van der Waals surface area contributed by atoms with E-state index >= 15 is 0 Å². The van der Waals surface area contributed by atoms with Gasteiger partial charge >= 0.3 is 0 Å². The van der Waals surface area contributed by atoms with Gasteiger partial charge in [0.05, 0.1) is 5.56 Å². The lowest BCUT2D eigenvalue weighted by Gasteiger charge is -2.29. The van der Waals surface area contributed by atoms with Crippen molar-refractivity contribution in [1.29, 1.82) is 0 Å². The Morgan fingerprint density at radius 2 is 2.11 bits per heavy atom. The molecule has 0 saturated carbocycles. The number of halogens is 1. The molecule has 0 bridgehead atoms. The van der Waals surface area contributed by atoms with Gasteiger partial charge in [0.25, 0.3) is 0 Å². The molecule has 3 rings (SSSR count). The second-order valence-corrected chi connectivity index (χ2v) is 4.65. The van der Waals surface area contributed by atoms with Crippen LogP contribution in [0.2, 0.25) is 0 Å². The van der Waals surface area contributed by atoms with Gasteiger partial charge in [0.15, 0.2) is 23.1 Å². The van der Waals surface area contributed by atoms with Crippen LogP contribution in [0.1, 0.15) is 30.9 Å². The van der Waals surface area contributed by atoms with Crippen LogP contribution < -0.4 is 14.8 Å². The van der Waals surface area contributed by atoms with E-state index in [4.69, 9.17) is 9.47 Å². The Bertz CT molecular complexity index is 458. The Balaban J connectivity index is 2.07. The van der Waals surface area contributed by atoms with Gasteiger partial charge in [0, 0.05) is 12.1 Å². The van der Waals surface area contributed by atoms with E-state index in [1.54, 1.807) is 0 Å². The van der Waals surface area contributed by atoms with E-state index in [1.807, 2.05) is 0 Å². The van der Waals surface area contributed by atoms with Crippen LogP contribution in [-0.4, -0.2) is 24.9 Å². The molecule has 5 heteroatoms. The normalized spacial score (nSPS) is 22.8. The molecule has 1 atom stereocenters. The van der Waals surface area contributed by atoms with E-state index < -0.39 is 5.82 Å². The summed E-state index contributed by atoms with van der Waals surface area (Å²) in [6.07, 6.45) is 2.98. The average Bonchev–Trinajstić information content (AvgIpc) is 2.41. The van der Waals surface area contributed by atoms with Crippen LogP contribution in [0.4, 0.5) is 4.39 Å². The summed E-state index contributed by atoms with van der Waals surface area (Å²) >= 11 is 0. The first kappa shape index (κ1) is 11.6. The molecule has 1 aromatic rings. The Morgan fingerprint density at radius 3 is 2.89 bits per heavy atom. The van der Waals surface area contributed by atoms with Crippen molar-refractivity contribution in [3.05, 3.63) is 17.4 Å². The van der Waals surface area contributed by atoms with E-state index in [0.29, 0.717) is 30.3 Å². The molecule has 1 fully saturated rings. The highest BCUT2D eigenvalue weighted by molar-refractivity contribution is 5.54. The lowest BCUT2D eigenvalue weighted by Crippen LogP contribution is -2.29. The Hall–Kier alpha value is -1.49. The predicted octanol–water partition coefficient (Wildman–Crippen LogP) is 2.12. The average molecular weight is 253 g/mol. The highest BCUT2D eigenvalue weighted by Crippen LogP contribution is 2.44. The predicted molar refractivity (Wildman–Crippen MR) is 63.6 cm³/mol. The summed E-state index contributed by atoms with van der Waals surface area (Å²) in [7, 11) is 0. The molecule has 2 aliphatic rings. The number of ether oxygens (including phenoxy) is 2. The number of hydrogen-bond acceptors (Lipinski definition) is 4. The fourth-order valence-corrected chi connectivity index (χ4v) is 2.58. The third-order valence-corrected chi connectivity index (χ3v) is 3.44. The highest BCUT2D eigenvalue weighted by atomic mass is 19.1. The van der Waals surface area contributed by atoms with E-state index in [2.05, 4.69) is 5.32 Å². The first-order valence-corrected chi connectivity index (χ1v) is 6.31. The lowest BCUT2D eigenvalue weighted by atomic mass is 9.95. The molecule has 2 aliphatic heterocycles. The van der Waals surface area contributed by atoms with Gasteiger partial charge in [-0.05, 0) is 19.4 Å². The van der Waals surface area contributed by atoms with Crippen LogP contribution in [0.25, 0.3) is 0 Å². The molecular weight excluding hydrogens is 237 g/mol. The van der Waals surface area contributed by atoms with Gasteiger partial charge in [-0.25, -0.2) is 4.39 Å². The Morgan fingerprint density at radius 1 is 1.28 bits per heavy atom. The number of rotatable bonds is 1. The molecule has 2 heterocycles. The van der Waals surface area contributed by atoms with E-state index in [0.717, 1.165) is 25.8 Å². The summed E-state index contributed by atoms with van der Waals surface area (Å²) in [5.41, 5.74) is 0.407. The van der Waals surface area contributed by atoms with E-state index in [1.165, 1.54) is 6.07 Å². The summed E-state index contributed by atoms with van der Waals surface area (Å²) in [4.78, 5) is 0. The summed E-state index contributed by atoms with van der Waals surface area (Å²) < 4.78 is 25.1. The van der Waals surface area contributed by atoms with Crippen LogP contribution in [0.15, 0.2) is 6.07 Å². The molecule has 1 aromatic carbocycles. The van der Waals surface area contributed by atoms with Gasteiger partial charge in [-0.3, -0.25) is 0 Å². The van der Waals surface area contributed by atoms with Crippen molar-refractivity contribution < 1.29 is 19.0 Å². The van der Waals surface area contributed by atoms with Gasteiger partial charge in [-0.1, -0.05) is 6.42 Å². The molecular formula is C13H16FNO3. The minimum atomic E-state index is -0.598. The third kappa shape index (κ3) is 1.88. The largest absolute Gasteiger partial charge is 0.505 e. The number of benzene rings is 1. The minimum Gasteiger partial charge on any atom is -0.505 e. The lowest BCUT2D eigenvalue weighted by molar-refractivity contribution is 0.165. The topological polar surface area (TPSA) is 50.7 Å². The summed E-state index contributed by atoms with van der Waals surface area (Å²) in [5, 5.41) is 12.9. The van der Waals surface area contributed by atoms with Crippen LogP contribution in [0, 0.1) is 5.82 Å². The smallest absolute Gasteiger partial charge is 0.173 e. The van der Waals surface area contributed by atoms with E-state index in [-0.39, 0.29) is 11.8 Å². The maximum Gasteiger partial charge on any atom is 0.173 e. The van der Waals surface area contributed by atoms with E-state index in [9.17, 15) is 9.50 Å². The van der Waals surface area contributed by atoms with Gasteiger partial charge in [-0.15, -0.1) is 0 Å². The highest BCUT2D eigenvalue weighted by Gasteiger charge is 2.29. The van der Waals surface area contributed by atoms with Gasteiger partial charge in [-0.2, -0.15) is 0 Å². The molecule has 0 aromatic heterocycles. The monoisotopic (exact) mass is 253 g/mol. The summed E-state index contributed by atoms with van der Waals surface area (Å²) in [5.74, 6) is -0.0984. The zero-order chi connectivity index (χ0) is 12.5. The fourth-order valence-electron chi connectivity index (χ4n) is 2.58. The number of fused-ring (bicyclic) bond motifs is 1. The summed E-state index contributed by atoms with van der Waals surface area (Å²) in [6, 6.07) is 1.18. The molecule has 4 nitrogen and oxygen atoms in total. The number of phenols is 1. The van der Waals surface area contributed by atoms with Crippen molar-refractivity contribution in [3.63, 3.8) is 0 Å². The van der Waals surface area contributed by atoms with Crippen molar-refractivity contribution in [1.82, 2.24) is 5.32 Å².